The summed E-state index contributed by atoms with van der Waals surface area (Å²) in [6, 6.07) is 7.77. The zero-order valence-corrected chi connectivity index (χ0v) is 6.38. The normalized spacial score (nSPS) is 9.09. The number of nitrogens with two attached hydrogens (primary N) is 1. The van der Waals surface area contributed by atoms with Gasteiger partial charge < -0.3 is 11.1 Å². The van der Waals surface area contributed by atoms with E-state index in [1.54, 1.807) is 6.20 Å². The van der Waals surface area contributed by atoms with Crippen molar-refractivity contribution in [1.82, 2.24) is 5.32 Å². The lowest BCUT2D eigenvalue weighted by molar-refractivity contribution is 0.875. The van der Waals surface area contributed by atoms with Crippen molar-refractivity contribution in [2.75, 3.05) is 5.73 Å². The van der Waals surface area contributed by atoms with Crippen LogP contribution in [-0.2, 0) is 6.54 Å². The molecule has 11 heavy (non-hydrogen) atoms. The molecule has 2 nitrogen and oxygen atoms in total. The molecule has 3 N–H and O–H groups in total. The standard InChI is InChI=1S/C9H12N2/c1-2-11-7-8-5-3-4-6-9(8)10/h2-6,11H,1,7,10H2. The second-order valence-corrected chi connectivity index (χ2v) is 2.28. The Morgan fingerprint density at radius 1 is 1.45 bits per heavy atom. The molecule has 0 aliphatic carbocycles. The predicted octanol–water partition coefficient (Wildman–Crippen LogP) is 1.50. The molecule has 0 aromatic heterocycles. The van der Waals surface area contributed by atoms with Gasteiger partial charge in [0, 0.05) is 12.2 Å². The summed E-state index contributed by atoms with van der Waals surface area (Å²) in [5.74, 6) is 0. The molecule has 0 aliphatic heterocycles. The van der Waals surface area contributed by atoms with Crippen LogP contribution in [0, 0.1) is 0 Å². The van der Waals surface area contributed by atoms with Crippen molar-refractivity contribution in [1.29, 1.82) is 0 Å². The Labute approximate surface area is 66.7 Å². The van der Waals surface area contributed by atoms with Crippen LogP contribution in [0.25, 0.3) is 0 Å². The van der Waals surface area contributed by atoms with Gasteiger partial charge >= 0.3 is 0 Å². The van der Waals surface area contributed by atoms with E-state index in [-0.39, 0.29) is 0 Å². The topological polar surface area (TPSA) is 38.0 Å². The Bertz CT molecular complexity index is 243. The van der Waals surface area contributed by atoms with Crippen LogP contribution in [0.3, 0.4) is 0 Å². The van der Waals surface area contributed by atoms with Crippen LogP contribution in [0.1, 0.15) is 5.56 Å². The summed E-state index contributed by atoms with van der Waals surface area (Å²) < 4.78 is 0. The minimum absolute atomic E-state index is 0.746. The van der Waals surface area contributed by atoms with Gasteiger partial charge in [-0.2, -0.15) is 0 Å². The maximum Gasteiger partial charge on any atom is 0.0415 e. The Kier molecular flexibility index (Phi) is 2.55. The molecule has 58 valence electrons. The van der Waals surface area contributed by atoms with Gasteiger partial charge in [0.25, 0.3) is 0 Å². The van der Waals surface area contributed by atoms with E-state index in [9.17, 15) is 0 Å². The zero-order valence-electron chi connectivity index (χ0n) is 6.38. The summed E-state index contributed by atoms with van der Waals surface area (Å²) in [5.41, 5.74) is 7.61. The van der Waals surface area contributed by atoms with Crippen molar-refractivity contribution >= 4 is 5.69 Å². The number of benzene rings is 1. The van der Waals surface area contributed by atoms with E-state index in [1.165, 1.54) is 0 Å². The summed E-state index contributed by atoms with van der Waals surface area (Å²) in [6.07, 6.45) is 1.66. The summed E-state index contributed by atoms with van der Waals surface area (Å²) in [6.45, 7) is 4.30. The lowest BCUT2D eigenvalue weighted by Crippen LogP contribution is -2.05. The number of nitrogens with one attached hydrogen (secondary N) is 1. The third-order valence-electron chi connectivity index (χ3n) is 1.49. The van der Waals surface area contributed by atoms with Gasteiger partial charge in [-0.3, -0.25) is 0 Å². The second-order valence-electron chi connectivity index (χ2n) is 2.28. The van der Waals surface area contributed by atoms with Crippen molar-refractivity contribution in [3.8, 4) is 0 Å². The van der Waals surface area contributed by atoms with E-state index >= 15 is 0 Å². The van der Waals surface area contributed by atoms with Gasteiger partial charge in [-0.1, -0.05) is 24.8 Å². The minimum Gasteiger partial charge on any atom is -0.398 e. The zero-order chi connectivity index (χ0) is 8.10. The van der Waals surface area contributed by atoms with Crippen LogP contribution < -0.4 is 11.1 Å². The van der Waals surface area contributed by atoms with Gasteiger partial charge in [-0.15, -0.1) is 0 Å². The Hall–Kier alpha value is -1.44. The van der Waals surface area contributed by atoms with Crippen molar-refractivity contribution in [3.05, 3.63) is 42.6 Å². The monoisotopic (exact) mass is 148 g/mol. The van der Waals surface area contributed by atoms with E-state index < -0.39 is 0 Å². The van der Waals surface area contributed by atoms with E-state index in [0.717, 1.165) is 17.8 Å². The number of nitrogen functional groups attached to an aromatic ring is 1. The van der Waals surface area contributed by atoms with Crippen LogP contribution in [0.5, 0.6) is 0 Å². The van der Waals surface area contributed by atoms with Crippen LogP contribution in [0.15, 0.2) is 37.0 Å². The van der Waals surface area contributed by atoms with Crippen LogP contribution in [-0.4, -0.2) is 0 Å². The molecule has 0 unspecified atom stereocenters. The SMILES string of the molecule is C=CNCc1ccccc1N. The molecule has 0 atom stereocenters. The van der Waals surface area contributed by atoms with E-state index in [1.807, 2.05) is 24.3 Å². The van der Waals surface area contributed by atoms with E-state index in [0.29, 0.717) is 0 Å². The second kappa shape index (κ2) is 3.66. The molecule has 0 spiro atoms. The Balaban J connectivity index is 2.69. The highest BCUT2D eigenvalue weighted by Gasteiger charge is 1.93. The fourth-order valence-electron chi connectivity index (χ4n) is 0.877. The molecular weight excluding hydrogens is 136 g/mol. The summed E-state index contributed by atoms with van der Waals surface area (Å²) >= 11 is 0. The van der Waals surface area contributed by atoms with Crippen molar-refractivity contribution < 1.29 is 0 Å². The average Bonchev–Trinajstić information content (AvgIpc) is 2.03. The van der Waals surface area contributed by atoms with Gasteiger partial charge in [0.05, 0.1) is 0 Å². The minimum atomic E-state index is 0.746. The highest BCUT2D eigenvalue weighted by atomic mass is 14.8. The van der Waals surface area contributed by atoms with Crippen LogP contribution in [0.4, 0.5) is 5.69 Å². The summed E-state index contributed by atoms with van der Waals surface area (Å²) in [7, 11) is 0. The third-order valence-corrected chi connectivity index (χ3v) is 1.49. The van der Waals surface area contributed by atoms with E-state index in [4.69, 9.17) is 5.73 Å². The molecule has 1 aromatic carbocycles. The maximum atomic E-state index is 5.69. The molecule has 0 aliphatic rings. The summed E-state index contributed by atoms with van der Waals surface area (Å²) in [5, 5.41) is 2.99. The molecule has 0 radical (unpaired) electrons. The first-order chi connectivity index (χ1) is 5.34. The van der Waals surface area contributed by atoms with Gasteiger partial charge in [-0.25, -0.2) is 0 Å². The first-order valence-electron chi connectivity index (χ1n) is 3.52. The number of hydrogen-bond acceptors (Lipinski definition) is 2. The first-order valence-corrected chi connectivity index (χ1v) is 3.52. The molecule has 0 fully saturated rings. The number of hydrogen-bond donors (Lipinski definition) is 2. The number of para-hydroxylation sites is 1. The van der Waals surface area contributed by atoms with Gasteiger partial charge in [-0.05, 0) is 17.8 Å². The lowest BCUT2D eigenvalue weighted by Gasteiger charge is -2.03. The third kappa shape index (κ3) is 2.00. The average molecular weight is 148 g/mol. The van der Waals surface area contributed by atoms with Crippen molar-refractivity contribution in [2.24, 2.45) is 0 Å². The smallest absolute Gasteiger partial charge is 0.0415 e. The van der Waals surface area contributed by atoms with E-state index in [2.05, 4.69) is 11.9 Å². The molecule has 2 heteroatoms. The quantitative estimate of drug-likeness (QED) is 0.637. The van der Waals surface area contributed by atoms with Crippen molar-refractivity contribution in [2.45, 2.75) is 6.54 Å². The molecule has 1 aromatic rings. The molecular formula is C9H12N2. The predicted molar refractivity (Wildman–Crippen MR) is 47.9 cm³/mol. The first kappa shape index (κ1) is 7.66. The largest absolute Gasteiger partial charge is 0.398 e. The van der Waals surface area contributed by atoms with Gasteiger partial charge in [0.15, 0.2) is 0 Å². The van der Waals surface area contributed by atoms with Crippen LogP contribution >= 0.6 is 0 Å². The molecule has 0 amide bonds. The molecule has 0 saturated carbocycles. The Morgan fingerprint density at radius 2 is 2.18 bits per heavy atom. The fourth-order valence-corrected chi connectivity index (χ4v) is 0.877. The maximum absolute atomic E-state index is 5.69. The van der Waals surface area contributed by atoms with Gasteiger partial charge in [0.2, 0.25) is 0 Å². The molecule has 0 saturated heterocycles. The number of anilines is 1. The van der Waals surface area contributed by atoms with Gasteiger partial charge in [0.1, 0.15) is 0 Å². The molecule has 0 bridgehead atoms. The fraction of sp³-hybridized carbons (Fsp3) is 0.111. The summed E-state index contributed by atoms with van der Waals surface area (Å²) in [4.78, 5) is 0. The number of rotatable bonds is 3. The molecule has 1 rings (SSSR count). The highest BCUT2D eigenvalue weighted by molar-refractivity contribution is 5.46. The van der Waals surface area contributed by atoms with Crippen LogP contribution in [0.2, 0.25) is 0 Å². The van der Waals surface area contributed by atoms with Crippen molar-refractivity contribution in [3.63, 3.8) is 0 Å². The lowest BCUT2D eigenvalue weighted by atomic mass is 10.2. The Morgan fingerprint density at radius 3 is 2.82 bits per heavy atom. The molecule has 0 heterocycles. The highest BCUT2D eigenvalue weighted by Crippen LogP contribution is 2.09.